The number of anilines is 1. The fourth-order valence-electron chi connectivity index (χ4n) is 3.02. The van der Waals surface area contributed by atoms with E-state index in [2.05, 4.69) is 33.1 Å². The molecule has 1 aliphatic rings. The second-order valence-electron chi connectivity index (χ2n) is 6.74. The van der Waals surface area contributed by atoms with Crippen LogP contribution >= 0.6 is 27.5 Å². The summed E-state index contributed by atoms with van der Waals surface area (Å²) < 4.78 is 0.809. The Kier molecular flexibility index (Phi) is 6.15. The molecule has 0 radical (unpaired) electrons. The lowest BCUT2D eigenvalue weighted by Crippen LogP contribution is -2.32. The van der Waals surface area contributed by atoms with Crippen molar-refractivity contribution in [2.45, 2.75) is 26.3 Å². The van der Waals surface area contributed by atoms with Crippen molar-refractivity contribution in [2.75, 3.05) is 18.4 Å². The van der Waals surface area contributed by atoms with Crippen LogP contribution in [0.25, 0.3) is 0 Å². The van der Waals surface area contributed by atoms with Crippen LogP contribution in [0.2, 0.25) is 5.02 Å². The lowest BCUT2D eigenvalue weighted by molar-refractivity contribution is 0.102. The number of hydrogen-bond acceptors (Lipinski definition) is 2. The third kappa shape index (κ3) is 5.06. The topological polar surface area (TPSA) is 32.3 Å². The van der Waals surface area contributed by atoms with E-state index in [0.29, 0.717) is 16.3 Å². The zero-order chi connectivity index (χ0) is 17.8. The van der Waals surface area contributed by atoms with Gasteiger partial charge in [-0.3, -0.25) is 9.69 Å². The maximum absolute atomic E-state index is 12.4. The van der Waals surface area contributed by atoms with E-state index in [1.54, 1.807) is 6.07 Å². The van der Waals surface area contributed by atoms with E-state index < -0.39 is 0 Å². The Hall–Kier alpha value is -1.36. The lowest BCUT2D eigenvalue weighted by atomic mass is 9.99. The number of rotatable bonds is 4. The fourth-order valence-corrected chi connectivity index (χ4v) is 3.44. The monoisotopic (exact) mass is 420 g/mol. The predicted molar refractivity (Wildman–Crippen MR) is 107 cm³/mol. The summed E-state index contributed by atoms with van der Waals surface area (Å²) in [7, 11) is 0. The summed E-state index contributed by atoms with van der Waals surface area (Å²) in [5.41, 5.74) is 2.58. The average molecular weight is 422 g/mol. The van der Waals surface area contributed by atoms with Crippen molar-refractivity contribution in [2.24, 2.45) is 5.92 Å². The SMILES string of the molecule is CC1CCN(Cc2ccc(C(=O)Nc3ccc(Br)c(Cl)c3)cc2)CC1. The molecule has 1 saturated heterocycles. The predicted octanol–water partition coefficient (Wildman–Crippen LogP) is 5.59. The number of piperidine rings is 1. The molecule has 0 aliphatic carbocycles. The highest BCUT2D eigenvalue weighted by Crippen LogP contribution is 2.26. The molecule has 0 spiro atoms. The second kappa shape index (κ2) is 8.35. The van der Waals surface area contributed by atoms with Crippen molar-refractivity contribution in [3.8, 4) is 0 Å². The maximum Gasteiger partial charge on any atom is 0.255 e. The van der Waals surface area contributed by atoms with Crippen LogP contribution < -0.4 is 5.32 Å². The minimum atomic E-state index is -0.128. The van der Waals surface area contributed by atoms with Crippen molar-refractivity contribution in [3.05, 3.63) is 63.1 Å². The van der Waals surface area contributed by atoms with Crippen molar-refractivity contribution in [1.29, 1.82) is 0 Å². The second-order valence-corrected chi connectivity index (χ2v) is 8.00. The number of halogens is 2. The molecule has 0 atom stereocenters. The van der Waals surface area contributed by atoms with Gasteiger partial charge in [-0.05, 0) is 83.7 Å². The third-order valence-corrected chi connectivity index (χ3v) is 5.91. The molecule has 3 nitrogen and oxygen atoms in total. The molecular formula is C20H22BrClN2O. The first-order chi connectivity index (χ1) is 12.0. The summed E-state index contributed by atoms with van der Waals surface area (Å²) in [6.45, 7) is 5.60. The summed E-state index contributed by atoms with van der Waals surface area (Å²) in [6, 6.07) is 13.2. The highest BCUT2D eigenvalue weighted by Gasteiger charge is 2.16. The molecule has 5 heteroatoms. The molecule has 2 aromatic carbocycles. The van der Waals surface area contributed by atoms with E-state index in [0.717, 1.165) is 30.0 Å². The molecule has 132 valence electrons. The van der Waals surface area contributed by atoms with Crippen LogP contribution in [0.3, 0.4) is 0 Å². The Bertz CT molecular complexity index is 740. The smallest absolute Gasteiger partial charge is 0.255 e. The van der Waals surface area contributed by atoms with Gasteiger partial charge in [-0.2, -0.15) is 0 Å². The number of nitrogens with one attached hydrogen (secondary N) is 1. The number of carbonyl (C=O) groups excluding carboxylic acids is 1. The molecule has 25 heavy (non-hydrogen) atoms. The minimum absolute atomic E-state index is 0.128. The molecule has 0 unspecified atom stereocenters. The largest absolute Gasteiger partial charge is 0.322 e. The average Bonchev–Trinajstić information content (AvgIpc) is 2.61. The zero-order valence-electron chi connectivity index (χ0n) is 14.3. The summed E-state index contributed by atoms with van der Waals surface area (Å²) in [5.74, 6) is 0.714. The first-order valence-electron chi connectivity index (χ1n) is 8.59. The quantitative estimate of drug-likeness (QED) is 0.698. The van der Waals surface area contributed by atoms with Gasteiger partial charge < -0.3 is 5.32 Å². The standard InChI is InChI=1S/C20H22BrClN2O/c1-14-8-10-24(11-9-14)13-15-2-4-16(5-3-15)20(25)23-17-6-7-18(21)19(22)12-17/h2-7,12,14H,8-11,13H2,1H3,(H,23,25). The Morgan fingerprint density at radius 3 is 2.52 bits per heavy atom. The van der Waals surface area contributed by atoms with Crippen molar-refractivity contribution >= 4 is 39.1 Å². The van der Waals surface area contributed by atoms with Crippen LogP contribution in [0.1, 0.15) is 35.7 Å². The molecule has 1 aliphatic heterocycles. The van der Waals surface area contributed by atoms with Crippen LogP contribution in [-0.2, 0) is 6.54 Å². The van der Waals surface area contributed by atoms with Gasteiger partial charge in [0.05, 0.1) is 5.02 Å². The van der Waals surface area contributed by atoms with Crippen LogP contribution in [0, 0.1) is 5.92 Å². The maximum atomic E-state index is 12.4. The van der Waals surface area contributed by atoms with Crippen LogP contribution in [0.4, 0.5) is 5.69 Å². The number of hydrogen-bond donors (Lipinski definition) is 1. The molecule has 0 bridgehead atoms. The Balaban J connectivity index is 1.59. The van der Waals surface area contributed by atoms with Gasteiger partial charge in [0, 0.05) is 22.3 Å². The molecule has 0 aromatic heterocycles. The van der Waals surface area contributed by atoms with Crippen LogP contribution in [0.5, 0.6) is 0 Å². The van der Waals surface area contributed by atoms with E-state index in [-0.39, 0.29) is 5.91 Å². The number of benzene rings is 2. The van der Waals surface area contributed by atoms with E-state index in [1.807, 2.05) is 36.4 Å². The van der Waals surface area contributed by atoms with Gasteiger partial charge in [-0.15, -0.1) is 0 Å². The first kappa shape index (κ1) is 18.4. The molecule has 1 amide bonds. The highest BCUT2D eigenvalue weighted by atomic mass is 79.9. The number of carbonyl (C=O) groups is 1. The summed E-state index contributed by atoms with van der Waals surface area (Å²) in [5, 5.41) is 3.45. The number of nitrogens with zero attached hydrogens (tertiary/aromatic N) is 1. The van der Waals surface area contributed by atoms with Gasteiger partial charge in [-0.1, -0.05) is 30.7 Å². The molecule has 1 N–H and O–H groups in total. The molecule has 3 rings (SSSR count). The van der Waals surface area contributed by atoms with Gasteiger partial charge in [0.25, 0.3) is 5.91 Å². The summed E-state index contributed by atoms with van der Waals surface area (Å²) in [4.78, 5) is 14.9. The van der Waals surface area contributed by atoms with Crippen LogP contribution in [-0.4, -0.2) is 23.9 Å². The Labute approximate surface area is 162 Å². The minimum Gasteiger partial charge on any atom is -0.322 e. The van der Waals surface area contributed by atoms with Crippen molar-refractivity contribution in [3.63, 3.8) is 0 Å². The zero-order valence-corrected chi connectivity index (χ0v) is 16.6. The van der Waals surface area contributed by atoms with Gasteiger partial charge in [0.15, 0.2) is 0 Å². The molecule has 0 saturated carbocycles. The van der Waals surface area contributed by atoms with Gasteiger partial charge in [0.1, 0.15) is 0 Å². The van der Waals surface area contributed by atoms with Gasteiger partial charge in [-0.25, -0.2) is 0 Å². The third-order valence-electron chi connectivity index (χ3n) is 4.68. The fraction of sp³-hybridized carbons (Fsp3) is 0.350. The Morgan fingerprint density at radius 2 is 1.88 bits per heavy atom. The summed E-state index contributed by atoms with van der Waals surface area (Å²) in [6.07, 6.45) is 2.55. The van der Waals surface area contributed by atoms with Crippen molar-refractivity contribution < 1.29 is 4.79 Å². The summed E-state index contributed by atoms with van der Waals surface area (Å²) >= 11 is 9.41. The van der Waals surface area contributed by atoms with Crippen LogP contribution in [0.15, 0.2) is 46.9 Å². The van der Waals surface area contributed by atoms with Crippen molar-refractivity contribution in [1.82, 2.24) is 4.90 Å². The van der Waals surface area contributed by atoms with E-state index in [1.165, 1.54) is 18.4 Å². The number of amides is 1. The van der Waals surface area contributed by atoms with E-state index in [9.17, 15) is 4.79 Å². The highest BCUT2D eigenvalue weighted by molar-refractivity contribution is 9.10. The van der Waals surface area contributed by atoms with E-state index >= 15 is 0 Å². The van der Waals surface area contributed by atoms with Gasteiger partial charge >= 0.3 is 0 Å². The first-order valence-corrected chi connectivity index (χ1v) is 9.76. The van der Waals surface area contributed by atoms with Gasteiger partial charge in [0.2, 0.25) is 0 Å². The molecule has 1 fully saturated rings. The van der Waals surface area contributed by atoms with E-state index in [4.69, 9.17) is 11.6 Å². The Morgan fingerprint density at radius 1 is 1.20 bits per heavy atom. The molecule has 2 aromatic rings. The molecular weight excluding hydrogens is 400 g/mol. The lowest BCUT2D eigenvalue weighted by Gasteiger charge is -2.30. The molecule has 1 heterocycles. The normalized spacial score (nSPS) is 16.0. The number of likely N-dealkylation sites (tertiary alicyclic amines) is 1.